The number of aromatic amines is 1. The third-order valence-corrected chi connectivity index (χ3v) is 8.44. The molecule has 2 heterocycles. The molecule has 0 aliphatic heterocycles. The highest BCUT2D eigenvalue weighted by atomic mass is 32.2. The molecule has 1 atom stereocenters. The second-order valence-corrected chi connectivity index (χ2v) is 12.2. The molecule has 1 unspecified atom stereocenters. The molecule has 0 spiro atoms. The molecule has 2 aromatic carbocycles. The molecular weight excluding hydrogens is 411 g/mol. The van der Waals surface area contributed by atoms with E-state index in [1.807, 2.05) is 32.9 Å². The molecule has 4 aromatic rings. The molecule has 162 valence electrons. The number of H-pyrrole nitrogens is 1. The van der Waals surface area contributed by atoms with Crippen LogP contribution >= 0.6 is 0 Å². The van der Waals surface area contributed by atoms with E-state index in [1.54, 1.807) is 24.6 Å². The van der Waals surface area contributed by atoms with Crippen molar-refractivity contribution in [1.82, 2.24) is 15.2 Å². The summed E-state index contributed by atoms with van der Waals surface area (Å²) in [5.41, 5.74) is 3.51. The van der Waals surface area contributed by atoms with Gasteiger partial charge in [0.05, 0.1) is 27.1 Å². The topological polar surface area (TPSA) is 71.0 Å². The second kappa shape index (κ2) is 7.41. The van der Waals surface area contributed by atoms with Gasteiger partial charge in [-0.05, 0) is 61.9 Å². The van der Waals surface area contributed by atoms with Crippen molar-refractivity contribution >= 4 is 37.2 Å². The van der Waals surface area contributed by atoms with Crippen LogP contribution in [0.4, 0.5) is 10.2 Å². The van der Waals surface area contributed by atoms with Crippen molar-refractivity contribution in [3.8, 4) is 11.1 Å². The molecule has 0 radical (unpaired) electrons. The first kappa shape index (κ1) is 21.4. The van der Waals surface area contributed by atoms with Crippen LogP contribution in [0.25, 0.3) is 32.8 Å². The van der Waals surface area contributed by atoms with Crippen LogP contribution in [0.5, 0.6) is 0 Å². The van der Waals surface area contributed by atoms with E-state index in [4.69, 9.17) is 9.35 Å². The smallest absolute Gasteiger partial charge is 0.169 e. The maximum atomic E-state index is 13.6. The van der Waals surface area contributed by atoms with Gasteiger partial charge in [0.1, 0.15) is 5.82 Å². The van der Waals surface area contributed by atoms with Crippen LogP contribution < -0.4 is 0 Å². The molecule has 4 rings (SSSR count). The molecule has 0 bridgehead atoms. The Morgan fingerprint density at radius 1 is 1.10 bits per heavy atom. The van der Waals surface area contributed by atoms with Gasteiger partial charge >= 0.3 is 0 Å². The molecule has 0 aliphatic carbocycles. The van der Waals surface area contributed by atoms with E-state index in [9.17, 15) is 8.60 Å². The van der Waals surface area contributed by atoms with Crippen LogP contribution in [-0.4, -0.2) is 30.4 Å². The lowest BCUT2D eigenvalue weighted by Crippen LogP contribution is -2.26. The summed E-state index contributed by atoms with van der Waals surface area (Å²) in [5, 5.41) is 9.83. The third kappa shape index (κ3) is 3.83. The fraction of sp³-hybridized carbons (Fsp3) is 0.333. The van der Waals surface area contributed by atoms with Crippen molar-refractivity contribution < 1.29 is 8.60 Å². The van der Waals surface area contributed by atoms with Crippen molar-refractivity contribution in [3.05, 3.63) is 54.1 Å². The Labute approximate surface area is 182 Å². The minimum atomic E-state index is -2.57. The largest absolute Gasteiger partial charge is 0.278 e. The number of rotatable bonds is 3. The average molecular weight is 439 g/mol. The van der Waals surface area contributed by atoms with E-state index in [0.29, 0.717) is 5.82 Å². The van der Waals surface area contributed by atoms with Gasteiger partial charge < -0.3 is 0 Å². The van der Waals surface area contributed by atoms with Crippen LogP contribution in [0.15, 0.2) is 47.0 Å². The summed E-state index contributed by atoms with van der Waals surface area (Å²) >= 11 is 0. The number of hydrogen-bond acceptors (Lipinski definition) is 4. The van der Waals surface area contributed by atoms with Crippen molar-refractivity contribution in [3.63, 3.8) is 0 Å². The molecule has 2 aromatic heterocycles. The quantitative estimate of drug-likeness (QED) is 0.393. The van der Waals surface area contributed by atoms with Crippen molar-refractivity contribution in [2.45, 2.75) is 45.3 Å². The highest BCUT2D eigenvalue weighted by Crippen LogP contribution is 2.41. The summed E-state index contributed by atoms with van der Waals surface area (Å²) in [5.74, 6) is 0.260. The molecule has 0 amide bonds. The Balaban J connectivity index is 2.18. The third-order valence-electron chi connectivity index (χ3n) is 5.65. The van der Waals surface area contributed by atoms with Gasteiger partial charge in [0.25, 0.3) is 0 Å². The van der Waals surface area contributed by atoms with Crippen molar-refractivity contribution in [2.24, 2.45) is 4.36 Å². The summed E-state index contributed by atoms with van der Waals surface area (Å²) in [4.78, 5) is 4.92. The minimum absolute atomic E-state index is 0.0843. The van der Waals surface area contributed by atoms with Gasteiger partial charge in [0.15, 0.2) is 5.82 Å². The minimum Gasteiger partial charge on any atom is -0.278 e. The maximum absolute atomic E-state index is 13.6. The van der Waals surface area contributed by atoms with Crippen LogP contribution in [0.3, 0.4) is 0 Å². The van der Waals surface area contributed by atoms with Gasteiger partial charge in [-0.3, -0.25) is 5.10 Å². The Bertz CT molecular complexity index is 1410. The van der Waals surface area contributed by atoms with E-state index < -0.39 is 14.5 Å². The summed E-state index contributed by atoms with van der Waals surface area (Å²) in [6.45, 7) is 9.89. The number of fused-ring (bicyclic) bond motifs is 2. The Hall–Kier alpha value is -2.80. The molecule has 0 saturated carbocycles. The number of hydrogen-bond donors (Lipinski definition) is 1. The molecular formula is C24H27FN4OS. The molecule has 0 aliphatic rings. The molecule has 7 heteroatoms. The highest BCUT2D eigenvalue weighted by Gasteiger charge is 2.25. The van der Waals surface area contributed by atoms with Crippen LogP contribution in [-0.2, 0) is 9.73 Å². The standard InChI is InChI=1S/C24H27FN4OS/c1-14(2)22-21(15-7-9-17(25)10-8-15)18-11-16-13-26-28-20(16)12-19(18)23(27-22)29-31(6,30)24(3,4)5/h7-14H,1-6H3,(H,26,28). The van der Waals surface area contributed by atoms with Gasteiger partial charge in [-0.1, -0.05) is 26.0 Å². The van der Waals surface area contributed by atoms with E-state index in [-0.39, 0.29) is 11.7 Å². The van der Waals surface area contributed by atoms with Crippen LogP contribution in [0, 0.1) is 5.82 Å². The zero-order chi connectivity index (χ0) is 22.6. The number of halogens is 1. The predicted octanol–water partition coefficient (Wildman–Crippen LogP) is 6.57. The second-order valence-electron chi connectivity index (χ2n) is 9.22. The van der Waals surface area contributed by atoms with Gasteiger partial charge in [0.2, 0.25) is 0 Å². The zero-order valence-corrected chi connectivity index (χ0v) is 19.5. The summed E-state index contributed by atoms with van der Waals surface area (Å²) in [6.07, 6.45) is 3.45. The van der Waals surface area contributed by atoms with Gasteiger partial charge in [0, 0.05) is 27.3 Å². The lowest BCUT2D eigenvalue weighted by molar-refractivity contribution is 0.628. The molecule has 1 N–H and O–H groups in total. The monoisotopic (exact) mass is 438 g/mol. The molecule has 0 saturated heterocycles. The van der Waals surface area contributed by atoms with Crippen molar-refractivity contribution in [2.75, 3.05) is 6.26 Å². The van der Waals surface area contributed by atoms with E-state index in [2.05, 4.69) is 24.0 Å². The molecule has 5 nitrogen and oxygen atoms in total. The van der Waals surface area contributed by atoms with Gasteiger partial charge in [-0.25, -0.2) is 13.6 Å². The highest BCUT2D eigenvalue weighted by molar-refractivity contribution is 7.94. The van der Waals surface area contributed by atoms with Crippen molar-refractivity contribution in [1.29, 1.82) is 0 Å². The molecule has 0 fully saturated rings. The Morgan fingerprint density at radius 2 is 1.77 bits per heavy atom. The van der Waals surface area contributed by atoms with E-state index in [0.717, 1.165) is 38.5 Å². The summed E-state index contributed by atoms with van der Waals surface area (Å²) < 4.78 is 31.3. The maximum Gasteiger partial charge on any atom is 0.169 e. The van der Waals surface area contributed by atoms with Crippen LogP contribution in [0.1, 0.15) is 46.2 Å². The fourth-order valence-corrected chi connectivity index (χ4v) is 4.20. The summed E-state index contributed by atoms with van der Waals surface area (Å²) in [7, 11) is -2.57. The fourth-order valence-electron chi connectivity index (χ4n) is 3.46. The number of nitrogens with zero attached hydrogens (tertiary/aromatic N) is 3. The number of aromatic nitrogens is 3. The number of benzene rings is 2. The Morgan fingerprint density at radius 3 is 2.39 bits per heavy atom. The Kier molecular flexibility index (Phi) is 5.12. The average Bonchev–Trinajstić information content (AvgIpc) is 3.13. The van der Waals surface area contributed by atoms with Gasteiger partial charge in [-0.2, -0.15) is 9.46 Å². The lowest BCUT2D eigenvalue weighted by atomic mass is 9.92. The molecule has 31 heavy (non-hydrogen) atoms. The number of pyridine rings is 1. The SMILES string of the molecule is CC(C)c1nc(N=S(C)(=O)C(C)(C)C)c2cc3[nH]ncc3cc2c1-c1ccc(F)cc1. The predicted molar refractivity (Wildman–Crippen MR) is 127 cm³/mol. The lowest BCUT2D eigenvalue weighted by Gasteiger charge is -2.22. The first-order valence-electron chi connectivity index (χ1n) is 10.3. The van der Waals surface area contributed by atoms with Gasteiger partial charge in [-0.15, -0.1) is 0 Å². The zero-order valence-electron chi connectivity index (χ0n) is 18.7. The first-order chi connectivity index (χ1) is 14.5. The normalized spacial score (nSPS) is 14.3. The van der Waals surface area contributed by atoms with E-state index >= 15 is 0 Å². The summed E-state index contributed by atoms with van der Waals surface area (Å²) in [6, 6.07) is 10.5. The van der Waals surface area contributed by atoms with E-state index in [1.165, 1.54) is 12.1 Å². The number of nitrogens with one attached hydrogen (secondary N) is 1. The first-order valence-corrected chi connectivity index (χ1v) is 12.2. The van der Waals surface area contributed by atoms with Crippen LogP contribution in [0.2, 0.25) is 0 Å².